The Hall–Kier alpha value is -3.33. The van der Waals surface area contributed by atoms with E-state index in [0.717, 1.165) is 35.1 Å². The molecule has 0 bridgehead atoms. The fraction of sp³-hybridized carbons (Fsp3) is 0.179. The standard InChI is InChI=1S/C28H24ClNO5S2/c29-22-10-8-20(9-11-22)18-35-24-13-12-23(34-14-4-7-19-5-2-1-3-6-19)15-21(24)16-25-27(33)30(17-26(31)32)28(36)37-25/h1-3,5-6,8-13,15-16H,4,7,14,17-18H2,(H,31,32). The number of carboxylic acid groups (broad SMARTS) is 1. The highest BCUT2D eigenvalue weighted by Gasteiger charge is 2.33. The van der Waals surface area contributed by atoms with Crippen LogP contribution in [0.4, 0.5) is 0 Å². The van der Waals surface area contributed by atoms with Gasteiger partial charge in [-0.15, -0.1) is 0 Å². The van der Waals surface area contributed by atoms with Crippen molar-refractivity contribution in [3.63, 3.8) is 0 Å². The Balaban J connectivity index is 1.51. The van der Waals surface area contributed by atoms with Crippen molar-refractivity contribution >= 4 is 57.9 Å². The highest BCUT2D eigenvalue weighted by atomic mass is 35.5. The van der Waals surface area contributed by atoms with Gasteiger partial charge >= 0.3 is 5.97 Å². The first kappa shape index (κ1) is 26.7. The molecule has 1 N–H and O–H groups in total. The number of aryl methyl sites for hydroxylation is 1. The molecular weight excluding hydrogens is 530 g/mol. The monoisotopic (exact) mass is 553 g/mol. The summed E-state index contributed by atoms with van der Waals surface area (Å²) < 4.78 is 12.2. The van der Waals surface area contributed by atoms with Crippen LogP contribution in [0.15, 0.2) is 77.7 Å². The lowest BCUT2D eigenvalue weighted by Gasteiger charge is -2.13. The van der Waals surface area contributed by atoms with E-state index in [0.29, 0.717) is 40.2 Å². The maximum atomic E-state index is 12.8. The number of thioether (sulfide) groups is 1. The zero-order valence-corrected chi connectivity index (χ0v) is 22.2. The molecule has 0 saturated carbocycles. The first-order valence-corrected chi connectivity index (χ1v) is 13.1. The summed E-state index contributed by atoms with van der Waals surface area (Å²) in [7, 11) is 0. The topological polar surface area (TPSA) is 76.1 Å². The van der Waals surface area contributed by atoms with Crippen molar-refractivity contribution in [2.24, 2.45) is 0 Å². The van der Waals surface area contributed by atoms with Crippen LogP contribution in [0.1, 0.15) is 23.1 Å². The molecule has 9 heteroatoms. The molecule has 0 aromatic heterocycles. The van der Waals surface area contributed by atoms with Crippen molar-refractivity contribution in [1.29, 1.82) is 0 Å². The summed E-state index contributed by atoms with van der Waals surface area (Å²) in [4.78, 5) is 25.3. The second-order valence-electron chi connectivity index (χ2n) is 8.21. The predicted molar refractivity (Wildman–Crippen MR) is 150 cm³/mol. The third kappa shape index (κ3) is 7.58. The Morgan fingerprint density at radius 2 is 1.78 bits per heavy atom. The Morgan fingerprint density at radius 3 is 2.51 bits per heavy atom. The maximum absolute atomic E-state index is 12.8. The molecule has 3 aromatic carbocycles. The SMILES string of the molecule is O=C(O)CN1C(=O)C(=Cc2cc(OCCCc3ccccc3)ccc2OCc2ccc(Cl)cc2)SC1=S. The number of rotatable bonds is 11. The lowest BCUT2D eigenvalue weighted by Crippen LogP contribution is -2.33. The van der Waals surface area contributed by atoms with Crippen molar-refractivity contribution in [3.8, 4) is 11.5 Å². The molecule has 1 aliphatic rings. The minimum Gasteiger partial charge on any atom is -0.494 e. The molecule has 0 spiro atoms. The van der Waals surface area contributed by atoms with Gasteiger partial charge in [0.15, 0.2) is 0 Å². The summed E-state index contributed by atoms with van der Waals surface area (Å²) in [6, 6.07) is 23.0. The summed E-state index contributed by atoms with van der Waals surface area (Å²) in [5, 5.41) is 9.75. The van der Waals surface area contributed by atoms with Crippen molar-refractivity contribution < 1.29 is 24.2 Å². The molecule has 0 atom stereocenters. The van der Waals surface area contributed by atoms with Crippen LogP contribution in [0.3, 0.4) is 0 Å². The zero-order valence-electron chi connectivity index (χ0n) is 19.8. The highest BCUT2D eigenvalue weighted by molar-refractivity contribution is 8.26. The van der Waals surface area contributed by atoms with Crippen molar-refractivity contribution in [3.05, 3.63) is 99.4 Å². The Kier molecular flexibility index (Phi) is 9.22. The predicted octanol–water partition coefficient (Wildman–Crippen LogP) is 6.22. The van der Waals surface area contributed by atoms with Crippen molar-refractivity contribution in [2.75, 3.05) is 13.2 Å². The van der Waals surface area contributed by atoms with Gasteiger partial charge < -0.3 is 14.6 Å². The van der Waals surface area contributed by atoms with E-state index in [4.69, 9.17) is 38.4 Å². The normalized spacial score (nSPS) is 14.3. The van der Waals surface area contributed by atoms with Crippen LogP contribution in [-0.2, 0) is 22.6 Å². The van der Waals surface area contributed by atoms with E-state index in [1.54, 1.807) is 24.3 Å². The largest absolute Gasteiger partial charge is 0.494 e. The number of carbonyl (C=O) groups excluding carboxylic acids is 1. The molecule has 1 fully saturated rings. The van der Waals surface area contributed by atoms with Crippen molar-refractivity contribution in [2.45, 2.75) is 19.4 Å². The molecule has 1 saturated heterocycles. The van der Waals surface area contributed by atoms with E-state index in [1.165, 1.54) is 5.56 Å². The van der Waals surface area contributed by atoms with Gasteiger partial charge in [0, 0.05) is 10.6 Å². The minimum atomic E-state index is -1.13. The summed E-state index contributed by atoms with van der Waals surface area (Å²) in [6.07, 6.45) is 3.42. The molecule has 37 heavy (non-hydrogen) atoms. The minimum absolute atomic E-state index is 0.204. The van der Waals surface area contributed by atoms with Crippen LogP contribution in [0.2, 0.25) is 5.02 Å². The van der Waals surface area contributed by atoms with E-state index < -0.39 is 18.4 Å². The number of benzene rings is 3. The molecule has 6 nitrogen and oxygen atoms in total. The fourth-order valence-corrected chi connectivity index (χ4v) is 5.00. The van der Waals surface area contributed by atoms with E-state index in [-0.39, 0.29) is 4.32 Å². The van der Waals surface area contributed by atoms with E-state index in [1.807, 2.05) is 42.5 Å². The molecule has 0 radical (unpaired) electrons. The third-order valence-corrected chi connectivity index (χ3v) is 7.09. The zero-order chi connectivity index (χ0) is 26.2. The van der Waals surface area contributed by atoms with Gasteiger partial charge in [-0.05, 0) is 60.4 Å². The van der Waals surface area contributed by atoms with E-state index in [2.05, 4.69) is 12.1 Å². The number of amides is 1. The number of carbonyl (C=O) groups is 2. The molecule has 190 valence electrons. The average molecular weight is 554 g/mol. The lowest BCUT2D eigenvalue weighted by atomic mass is 10.1. The Bertz CT molecular complexity index is 1310. The highest BCUT2D eigenvalue weighted by Crippen LogP contribution is 2.35. The number of aliphatic carboxylic acids is 1. The number of hydrogen-bond acceptors (Lipinski definition) is 6. The Morgan fingerprint density at radius 1 is 1.03 bits per heavy atom. The lowest BCUT2D eigenvalue weighted by molar-refractivity contribution is -0.140. The number of hydrogen-bond donors (Lipinski definition) is 1. The van der Waals surface area contributed by atoms with Crippen LogP contribution in [0.5, 0.6) is 11.5 Å². The van der Waals surface area contributed by atoms with Gasteiger partial charge in [0.1, 0.15) is 29.0 Å². The number of nitrogens with zero attached hydrogens (tertiary/aromatic N) is 1. The van der Waals surface area contributed by atoms with Crippen LogP contribution in [0, 0.1) is 0 Å². The van der Waals surface area contributed by atoms with Crippen LogP contribution >= 0.6 is 35.6 Å². The van der Waals surface area contributed by atoms with Crippen LogP contribution in [0.25, 0.3) is 6.08 Å². The molecule has 3 aromatic rings. The second-order valence-corrected chi connectivity index (χ2v) is 10.3. The van der Waals surface area contributed by atoms with Crippen molar-refractivity contribution in [1.82, 2.24) is 4.90 Å². The average Bonchev–Trinajstić information content (AvgIpc) is 3.14. The van der Waals surface area contributed by atoms with Gasteiger partial charge in [0.2, 0.25) is 0 Å². The summed E-state index contributed by atoms with van der Waals surface area (Å²) in [6.45, 7) is 0.349. The molecule has 4 rings (SSSR count). The first-order chi connectivity index (χ1) is 17.9. The number of carboxylic acids is 1. The number of thiocarbonyl (C=S) groups is 1. The number of ether oxygens (including phenoxy) is 2. The van der Waals surface area contributed by atoms with Gasteiger partial charge in [-0.3, -0.25) is 14.5 Å². The van der Waals surface area contributed by atoms with Gasteiger partial charge in [0.05, 0.1) is 11.5 Å². The van der Waals surface area contributed by atoms with Gasteiger partial charge in [0.25, 0.3) is 5.91 Å². The summed E-state index contributed by atoms with van der Waals surface area (Å²) in [5.41, 5.74) is 2.82. The molecule has 0 aliphatic carbocycles. The second kappa shape index (κ2) is 12.8. The quantitative estimate of drug-likeness (QED) is 0.172. The van der Waals surface area contributed by atoms with E-state index >= 15 is 0 Å². The molecule has 0 unspecified atom stereocenters. The maximum Gasteiger partial charge on any atom is 0.323 e. The molecular formula is C28H24ClNO5S2. The Labute approximate surface area is 229 Å². The summed E-state index contributed by atoms with van der Waals surface area (Å²) >= 11 is 12.3. The number of halogens is 1. The third-order valence-electron chi connectivity index (χ3n) is 5.46. The van der Waals surface area contributed by atoms with Gasteiger partial charge in [-0.1, -0.05) is 78.0 Å². The summed E-state index contributed by atoms with van der Waals surface area (Å²) in [5.74, 6) is -0.389. The first-order valence-electron chi connectivity index (χ1n) is 11.5. The van der Waals surface area contributed by atoms with Gasteiger partial charge in [-0.2, -0.15) is 0 Å². The molecule has 1 amide bonds. The smallest absolute Gasteiger partial charge is 0.323 e. The van der Waals surface area contributed by atoms with E-state index in [9.17, 15) is 9.59 Å². The van der Waals surface area contributed by atoms with Gasteiger partial charge in [-0.25, -0.2) is 0 Å². The van der Waals surface area contributed by atoms with Crippen LogP contribution < -0.4 is 9.47 Å². The van der Waals surface area contributed by atoms with Crippen LogP contribution in [-0.4, -0.2) is 39.4 Å². The molecule has 1 aliphatic heterocycles. The molecule has 1 heterocycles. The fourth-order valence-electron chi connectivity index (χ4n) is 3.63.